The number of aliphatic carboxylic acids is 1. The lowest BCUT2D eigenvalue weighted by Crippen LogP contribution is -2.59. The highest BCUT2D eigenvalue weighted by Crippen LogP contribution is 2.36. The lowest BCUT2D eigenvalue weighted by molar-refractivity contribution is -0.147. The zero-order chi connectivity index (χ0) is 14.9. The van der Waals surface area contributed by atoms with Crippen molar-refractivity contribution in [2.75, 3.05) is 7.05 Å². The number of carbonyl (C=O) groups is 1. The summed E-state index contributed by atoms with van der Waals surface area (Å²) in [6, 6.07) is 1.57. The number of carboxylic acids is 1. The third-order valence-corrected chi connectivity index (χ3v) is 5.92. The SMILES string of the molecule is CN(C1CCCCC1)C1CCCC(NC2CC2)(C(=O)O)C1. The third kappa shape index (κ3) is 3.42. The number of hydrogen-bond donors (Lipinski definition) is 2. The number of nitrogens with one attached hydrogen (secondary N) is 1. The molecule has 3 rings (SSSR count). The molecule has 2 unspecified atom stereocenters. The highest BCUT2D eigenvalue weighted by Gasteiger charge is 2.47. The van der Waals surface area contributed by atoms with Crippen molar-refractivity contribution in [3.63, 3.8) is 0 Å². The fourth-order valence-corrected chi connectivity index (χ4v) is 4.39. The van der Waals surface area contributed by atoms with Crippen LogP contribution >= 0.6 is 0 Å². The van der Waals surface area contributed by atoms with E-state index in [4.69, 9.17) is 0 Å². The third-order valence-electron chi connectivity index (χ3n) is 5.92. The van der Waals surface area contributed by atoms with Crippen molar-refractivity contribution < 1.29 is 9.90 Å². The van der Waals surface area contributed by atoms with E-state index < -0.39 is 11.5 Å². The first-order valence-electron chi connectivity index (χ1n) is 8.84. The maximum atomic E-state index is 11.9. The fraction of sp³-hybridized carbons (Fsp3) is 0.941. The van der Waals surface area contributed by atoms with Crippen LogP contribution in [0.1, 0.15) is 70.6 Å². The predicted molar refractivity (Wildman–Crippen MR) is 83.4 cm³/mol. The number of nitrogens with zero attached hydrogens (tertiary/aromatic N) is 1. The van der Waals surface area contributed by atoms with Crippen molar-refractivity contribution >= 4 is 5.97 Å². The number of carboxylic acid groups (broad SMARTS) is 1. The summed E-state index contributed by atoms with van der Waals surface area (Å²) in [7, 11) is 2.23. The van der Waals surface area contributed by atoms with Gasteiger partial charge < -0.3 is 10.0 Å². The molecule has 3 aliphatic carbocycles. The van der Waals surface area contributed by atoms with Crippen LogP contribution in [0.5, 0.6) is 0 Å². The monoisotopic (exact) mass is 294 g/mol. The van der Waals surface area contributed by atoms with Crippen molar-refractivity contribution in [1.29, 1.82) is 0 Å². The Balaban J connectivity index is 1.66. The zero-order valence-electron chi connectivity index (χ0n) is 13.3. The van der Waals surface area contributed by atoms with Crippen LogP contribution in [0, 0.1) is 0 Å². The first-order valence-corrected chi connectivity index (χ1v) is 8.84. The molecule has 0 bridgehead atoms. The highest BCUT2D eigenvalue weighted by molar-refractivity contribution is 5.79. The Labute approximate surface area is 128 Å². The molecule has 4 nitrogen and oxygen atoms in total. The average Bonchev–Trinajstić information content (AvgIpc) is 3.31. The largest absolute Gasteiger partial charge is 0.480 e. The summed E-state index contributed by atoms with van der Waals surface area (Å²) in [5.74, 6) is -0.629. The van der Waals surface area contributed by atoms with Crippen molar-refractivity contribution in [3.8, 4) is 0 Å². The Morgan fingerprint density at radius 3 is 2.33 bits per heavy atom. The predicted octanol–water partition coefficient (Wildman–Crippen LogP) is 2.77. The van der Waals surface area contributed by atoms with Crippen LogP contribution in [-0.2, 0) is 4.79 Å². The molecule has 3 fully saturated rings. The van der Waals surface area contributed by atoms with Crippen LogP contribution in [0.15, 0.2) is 0 Å². The average molecular weight is 294 g/mol. The molecule has 0 radical (unpaired) electrons. The summed E-state index contributed by atoms with van der Waals surface area (Å²) >= 11 is 0. The van der Waals surface area contributed by atoms with Gasteiger partial charge in [0.1, 0.15) is 5.54 Å². The van der Waals surface area contributed by atoms with Gasteiger partial charge in [0, 0.05) is 18.1 Å². The minimum atomic E-state index is -0.660. The van der Waals surface area contributed by atoms with Crippen LogP contribution in [0.2, 0.25) is 0 Å². The van der Waals surface area contributed by atoms with Crippen molar-refractivity contribution in [2.24, 2.45) is 0 Å². The summed E-state index contributed by atoms with van der Waals surface area (Å²) in [4.78, 5) is 14.4. The van der Waals surface area contributed by atoms with Gasteiger partial charge in [0.15, 0.2) is 0 Å². The molecule has 0 aliphatic heterocycles. The van der Waals surface area contributed by atoms with E-state index in [1.54, 1.807) is 0 Å². The first kappa shape index (κ1) is 15.3. The molecule has 0 amide bonds. The maximum Gasteiger partial charge on any atom is 0.323 e. The van der Waals surface area contributed by atoms with Crippen molar-refractivity contribution in [2.45, 2.75) is 94.3 Å². The molecular formula is C17H30N2O2. The minimum absolute atomic E-state index is 0.434. The number of hydrogen-bond acceptors (Lipinski definition) is 3. The molecule has 0 saturated heterocycles. The molecule has 4 heteroatoms. The van der Waals surface area contributed by atoms with Gasteiger partial charge >= 0.3 is 5.97 Å². The van der Waals surface area contributed by atoms with E-state index in [0.29, 0.717) is 18.1 Å². The topological polar surface area (TPSA) is 52.6 Å². The summed E-state index contributed by atoms with van der Waals surface area (Å²) in [6.45, 7) is 0. The van der Waals surface area contributed by atoms with E-state index in [2.05, 4.69) is 17.3 Å². The molecule has 0 aromatic rings. The van der Waals surface area contributed by atoms with E-state index in [1.165, 1.54) is 32.1 Å². The molecule has 2 N–H and O–H groups in total. The molecule has 0 aromatic heterocycles. The van der Waals surface area contributed by atoms with Gasteiger partial charge in [0.2, 0.25) is 0 Å². The van der Waals surface area contributed by atoms with Gasteiger partial charge in [-0.25, -0.2) is 0 Å². The standard InChI is InChI=1S/C17H30N2O2/c1-19(14-6-3-2-4-7-14)15-8-5-11-17(12-15,16(20)21)18-13-9-10-13/h13-15,18H,2-12H2,1H3,(H,20,21). The fourth-order valence-electron chi connectivity index (χ4n) is 4.39. The van der Waals surface area contributed by atoms with Gasteiger partial charge in [-0.3, -0.25) is 10.1 Å². The molecule has 0 aromatic carbocycles. The van der Waals surface area contributed by atoms with Gasteiger partial charge in [0.25, 0.3) is 0 Å². The molecule has 3 aliphatic rings. The van der Waals surface area contributed by atoms with E-state index in [1.807, 2.05) is 0 Å². The van der Waals surface area contributed by atoms with Crippen LogP contribution in [0.25, 0.3) is 0 Å². The van der Waals surface area contributed by atoms with E-state index in [9.17, 15) is 9.90 Å². The smallest absolute Gasteiger partial charge is 0.323 e. The van der Waals surface area contributed by atoms with E-state index in [0.717, 1.165) is 38.5 Å². The van der Waals surface area contributed by atoms with Gasteiger partial charge in [-0.05, 0) is 58.4 Å². The van der Waals surface area contributed by atoms with Crippen LogP contribution in [0.3, 0.4) is 0 Å². The second-order valence-electron chi connectivity index (χ2n) is 7.51. The molecule has 120 valence electrons. The van der Waals surface area contributed by atoms with Gasteiger partial charge in [-0.1, -0.05) is 19.3 Å². The first-order chi connectivity index (χ1) is 10.1. The van der Waals surface area contributed by atoms with Gasteiger partial charge in [0.05, 0.1) is 0 Å². The minimum Gasteiger partial charge on any atom is -0.480 e. The molecule has 0 heterocycles. The number of rotatable bonds is 5. The Bertz CT molecular complexity index is 377. The Kier molecular flexibility index (Phi) is 4.55. The maximum absolute atomic E-state index is 11.9. The van der Waals surface area contributed by atoms with Crippen LogP contribution in [-0.4, -0.2) is 46.7 Å². The summed E-state index contributed by atoms with van der Waals surface area (Å²) in [5.41, 5.74) is -0.660. The second kappa shape index (κ2) is 6.25. The molecule has 0 spiro atoms. The van der Waals surface area contributed by atoms with Gasteiger partial charge in [-0.15, -0.1) is 0 Å². The molecule has 21 heavy (non-hydrogen) atoms. The highest BCUT2D eigenvalue weighted by atomic mass is 16.4. The Morgan fingerprint density at radius 2 is 1.71 bits per heavy atom. The second-order valence-corrected chi connectivity index (χ2v) is 7.51. The summed E-state index contributed by atoms with van der Waals surface area (Å²) in [5, 5.41) is 13.3. The zero-order valence-corrected chi connectivity index (χ0v) is 13.3. The molecule has 3 saturated carbocycles. The van der Waals surface area contributed by atoms with E-state index in [-0.39, 0.29) is 0 Å². The lowest BCUT2D eigenvalue weighted by atomic mass is 9.77. The Morgan fingerprint density at radius 1 is 1.05 bits per heavy atom. The van der Waals surface area contributed by atoms with Crippen molar-refractivity contribution in [3.05, 3.63) is 0 Å². The molecular weight excluding hydrogens is 264 g/mol. The molecule has 2 atom stereocenters. The summed E-state index contributed by atoms with van der Waals surface area (Å²) < 4.78 is 0. The van der Waals surface area contributed by atoms with Gasteiger partial charge in [-0.2, -0.15) is 0 Å². The Hall–Kier alpha value is -0.610. The lowest BCUT2D eigenvalue weighted by Gasteiger charge is -2.45. The van der Waals surface area contributed by atoms with Crippen LogP contribution < -0.4 is 5.32 Å². The van der Waals surface area contributed by atoms with Crippen molar-refractivity contribution in [1.82, 2.24) is 10.2 Å². The summed E-state index contributed by atoms with van der Waals surface area (Å²) in [6.07, 6.45) is 12.7. The quantitative estimate of drug-likeness (QED) is 0.818. The van der Waals surface area contributed by atoms with E-state index >= 15 is 0 Å². The van der Waals surface area contributed by atoms with Crippen LogP contribution in [0.4, 0.5) is 0 Å². The normalized spacial score (nSPS) is 35.0.